The van der Waals surface area contributed by atoms with Crippen LogP contribution < -0.4 is 5.32 Å². The molecule has 5 nitrogen and oxygen atoms in total. The number of nitrogens with zero attached hydrogens (tertiary/aromatic N) is 2. The fourth-order valence-corrected chi connectivity index (χ4v) is 3.83. The molecule has 0 aliphatic carbocycles. The van der Waals surface area contributed by atoms with E-state index < -0.39 is 12.1 Å². The molecule has 116 valence electrons. The minimum Gasteiger partial charge on any atom is -0.342 e. The molecule has 0 radical (unpaired) electrons. The quantitative estimate of drug-likeness (QED) is 0.931. The van der Waals surface area contributed by atoms with Crippen LogP contribution in [0.2, 0.25) is 0 Å². The minimum atomic E-state index is -0.454. The van der Waals surface area contributed by atoms with E-state index in [4.69, 9.17) is 0 Å². The van der Waals surface area contributed by atoms with Crippen LogP contribution in [0.3, 0.4) is 0 Å². The number of carbonyl (C=O) groups excluding carboxylic acids is 2. The minimum absolute atomic E-state index is 0.00458. The molecule has 6 heteroatoms. The third-order valence-corrected chi connectivity index (χ3v) is 5.26. The van der Waals surface area contributed by atoms with Gasteiger partial charge in [0.1, 0.15) is 12.1 Å². The molecule has 1 saturated heterocycles. The summed E-state index contributed by atoms with van der Waals surface area (Å²) >= 11 is 1.59. The van der Waals surface area contributed by atoms with Crippen LogP contribution in [0, 0.1) is 19.8 Å². The Morgan fingerprint density at radius 2 is 1.86 bits per heavy atom. The molecular weight excluding hydrogens is 286 g/mol. The highest BCUT2D eigenvalue weighted by atomic mass is 32.1. The maximum Gasteiger partial charge on any atom is 0.246 e. The Balaban J connectivity index is 2.36. The normalized spacial score (nSPS) is 24.4. The van der Waals surface area contributed by atoms with Crippen LogP contribution in [0.4, 0.5) is 0 Å². The molecule has 1 aromatic rings. The van der Waals surface area contributed by atoms with Crippen molar-refractivity contribution in [3.05, 3.63) is 15.6 Å². The van der Waals surface area contributed by atoms with Crippen molar-refractivity contribution in [1.29, 1.82) is 0 Å². The molecule has 1 N–H and O–H groups in total. The highest BCUT2D eigenvalue weighted by Gasteiger charge is 2.42. The van der Waals surface area contributed by atoms with Crippen molar-refractivity contribution in [1.82, 2.24) is 15.2 Å². The van der Waals surface area contributed by atoms with Crippen molar-refractivity contribution in [3.8, 4) is 0 Å². The number of thiazole rings is 1. The summed E-state index contributed by atoms with van der Waals surface area (Å²) < 4.78 is 0. The summed E-state index contributed by atoms with van der Waals surface area (Å²) in [7, 11) is 0. The monoisotopic (exact) mass is 309 g/mol. The first kappa shape index (κ1) is 15.9. The molecule has 0 spiro atoms. The maximum absolute atomic E-state index is 12.8. The third-order valence-electron chi connectivity index (χ3n) is 4.02. The summed E-state index contributed by atoms with van der Waals surface area (Å²) in [6, 6.07) is -1.03. The van der Waals surface area contributed by atoms with Crippen LogP contribution in [-0.4, -0.2) is 33.8 Å². The summed E-state index contributed by atoms with van der Waals surface area (Å²) in [6.07, 6.45) is 0. The molecule has 21 heavy (non-hydrogen) atoms. The smallest absolute Gasteiger partial charge is 0.246 e. The molecule has 1 fully saturated rings. The number of carbonyl (C=O) groups is 2. The first-order valence-corrected chi connectivity index (χ1v) is 8.12. The number of hydrogen-bond acceptors (Lipinski definition) is 4. The second-order valence-corrected chi connectivity index (χ2v) is 7.25. The predicted molar refractivity (Wildman–Crippen MR) is 83.1 cm³/mol. The molecule has 0 saturated carbocycles. The average Bonchev–Trinajstić information content (AvgIpc) is 2.72. The van der Waals surface area contributed by atoms with E-state index in [-0.39, 0.29) is 23.8 Å². The summed E-state index contributed by atoms with van der Waals surface area (Å²) in [5.41, 5.74) is 0.942. The Kier molecular flexibility index (Phi) is 4.37. The highest BCUT2D eigenvalue weighted by molar-refractivity contribution is 7.11. The molecule has 3 atom stereocenters. The van der Waals surface area contributed by atoms with E-state index in [2.05, 4.69) is 10.3 Å². The highest BCUT2D eigenvalue weighted by Crippen LogP contribution is 2.32. The Hall–Kier alpha value is -1.43. The van der Waals surface area contributed by atoms with Crippen LogP contribution in [0.15, 0.2) is 0 Å². The Morgan fingerprint density at radius 3 is 2.33 bits per heavy atom. The Bertz CT molecular complexity index is 567. The lowest BCUT2D eigenvalue weighted by Gasteiger charge is -2.42. The Morgan fingerprint density at radius 1 is 1.24 bits per heavy atom. The zero-order valence-corrected chi connectivity index (χ0v) is 14.2. The van der Waals surface area contributed by atoms with Crippen molar-refractivity contribution in [2.24, 2.45) is 5.92 Å². The van der Waals surface area contributed by atoms with Gasteiger partial charge in [-0.3, -0.25) is 9.59 Å². The standard InChI is InChI=1S/C15H23N3O2S/c1-7(2)12-15(20)18(10(5)14(19)17-12)9(4)13-8(3)16-11(6)21-13/h7,9-10,12H,1-6H3,(H,17,19). The number of piperazine rings is 1. The predicted octanol–water partition coefficient (Wildman–Crippen LogP) is 2.19. The molecule has 1 aliphatic rings. The van der Waals surface area contributed by atoms with Gasteiger partial charge in [-0.1, -0.05) is 13.8 Å². The lowest BCUT2D eigenvalue weighted by molar-refractivity contribution is -0.152. The molecule has 2 amide bonds. The molecule has 0 bridgehead atoms. The van der Waals surface area contributed by atoms with E-state index >= 15 is 0 Å². The average molecular weight is 309 g/mol. The first-order chi connectivity index (χ1) is 9.73. The van der Waals surface area contributed by atoms with Crippen molar-refractivity contribution in [2.45, 2.75) is 59.7 Å². The lowest BCUT2D eigenvalue weighted by atomic mass is 9.96. The largest absolute Gasteiger partial charge is 0.342 e. The number of aromatic nitrogens is 1. The van der Waals surface area contributed by atoms with Crippen LogP contribution in [-0.2, 0) is 9.59 Å². The number of aryl methyl sites for hydroxylation is 2. The maximum atomic E-state index is 12.8. The van der Waals surface area contributed by atoms with Gasteiger partial charge in [0, 0.05) is 4.88 Å². The topological polar surface area (TPSA) is 62.3 Å². The molecule has 2 rings (SSSR count). The van der Waals surface area contributed by atoms with Gasteiger partial charge >= 0.3 is 0 Å². The SMILES string of the molecule is Cc1nc(C)c(C(C)N2C(=O)C(C(C)C)NC(=O)C2C)s1. The van der Waals surface area contributed by atoms with Gasteiger partial charge in [-0.15, -0.1) is 11.3 Å². The van der Waals surface area contributed by atoms with Gasteiger partial charge in [0.2, 0.25) is 11.8 Å². The van der Waals surface area contributed by atoms with Gasteiger partial charge in [0.15, 0.2) is 0 Å². The van der Waals surface area contributed by atoms with E-state index in [1.54, 1.807) is 23.2 Å². The van der Waals surface area contributed by atoms with Crippen molar-refractivity contribution >= 4 is 23.2 Å². The number of hydrogen-bond donors (Lipinski definition) is 1. The van der Waals surface area contributed by atoms with Crippen LogP contribution >= 0.6 is 11.3 Å². The molecule has 2 heterocycles. The van der Waals surface area contributed by atoms with Gasteiger partial charge < -0.3 is 10.2 Å². The lowest BCUT2D eigenvalue weighted by Crippen LogP contribution is -2.64. The Labute approximate surface area is 129 Å². The fraction of sp³-hybridized carbons (Fsp3) is 0.667. The summed E-state index contributed by atoms with van der Waals surface area (Å²) in [6.45, 7) is 11.6. The van der Waals surface area contributed by atoms with Crippen LogP contribution in [0.25, 0.3) is 0 Å². The van der Waals surface area contributed by atoms with Gasteiger partial charge in [0.25, 0.3) is 0 Å². The van der Waals surface area contributed by atoms with E-state index in [1.165, 1.54) is 0 Å². The van der Waals surface area contributed by atoms with Gasteiger partial charge in [-0.05, 0) is 33.6 Å². The van der Waals surface area contributed by atoms with Crippen LogP contribution in [0.5, 0.6) is 0 Å². The van der Waals surface area contributed by atoms with E-state index in [9.17, 15) is 9.59 Å². The van der Waals surface area contributed by atoms with E-state index in [1.807, 2.05) is 34.6 Å². The van der Waals surface area contributed by atoms with E-state index in [0.29, 0.717) is 0 Å². The van der Waals surface area contributed by atoms with Gasteiger partial charge in [0.05, 0.1) is 16.7 Å². The zero-order valence-electron chi connectivity index (χ0n) is 13.4. The second-order valence-electron chi connectivity index (χ2n) is 6.01. The fourth-order valence-electron chi connectivity index (χ4n) is 2.85. The van der Waals surface area contributed by atoms with E-state index in [0.717, 1.165) is 15.6 Å². The van der Waals surface area contributed by atoms with Gasteiger partial charge in [-0.25, -0.2) is 4.98 Å². The second kappa shape index (κ2) is 5.75. The first-order valence-electron chi connectivity index (χ1n) is 7.30. The number of nitrogens with one attached hydrogen (secondary N) is 1. The summed E-state index contributed by atoms with van der Waals surface area (Å²) in [5.74, 6) is -0.0120. The van der Waals surface area contributed by atoms with Gasteiger partial charge in [-0.2, -0.15) is 0 Å². The summed E-state index contributed by atoms with van der Waals surface area (Å²) in [4.78, 5) is 32.1. The van der Waals surface area contributed by atoms with Crippen molar-refractivity contribution < 1.29 is 9.59 Å². The number of rotatable bonds is 3. The molecular formula is C15H23N3O2S. The molecule has 1 aromatic heterocycles. The molecule has 0 aromatic carbocycles. The zero-order chi connectivity index (χ0) is 15.9. The molecule has 1 aliphatic heterocycles. The molecule has 3 unspecified atom stereocenters. The van der Waals surface area contributed by atoms with Crippen LogP contribution in [0.1, 0.15) is 49.3 Å². The number of amides is 2. The van der Waals surface area contributed by atoms with Crippen molar-refractivity contribution in [3.63, 3.8) is 0 Å². The third kappa shape index (κ3) is 2.81. The summed E-state index contributed by atoms with van der Waals surface area (Å²) in [5, 5.41) is 3.81. The van der Waals surface area contributed by atoms with Crippen molar-refractivity contribution in [2.75, 3.05) is 0 Å².